The Morgan fingerprint density at radius 3 is 2.75 bits per heavy atom. The second kappa shape index (κ2) is 5.37. The summed E-state index contributed by atoms with van der Waals surface area (Å²) < 4.78 is 0. The minimum atomic E-state index is -0.292. The number of carbonyl (C=O) groups is 1. The molecule has 5 nitrogen and oxygen atoms in total. The topological polar surface area (TPSA) is 78.6 Å². The second-order valence-electron chi connectivity index (χ2n) is 3.84. The average Bonchev–Trinajstić information content (AvgIpc) is 2.16. The van der Waals surface area contributed by atoms with Gasteiger partial charge in [0.15, 0.2) is 0 Å². The highest BCUT2D eigenvalue weighted by Gasteiger charge is 2.10. The van der Waals surface area contributed by atoms with Crippen LogP contribution in [0.5, 0.6) is 5.75 Å². The quantitative estimate of drug-likeness (QED) is 0.640. The summed E-state index contributed by atoms with van der Waals surface area (Å²) in [6.07, 6.45) is 0. The van der Waals surface area contributed by atoms with E-state index in [-0.39, 0.29) is 17.2 Å². The van der Waals surface area contributed by atoms with Crippen molar-refractivity contribution in [2.75, 3.05) is 32.9 Å². The highest BCUT2D eigenvalue weighted by molar-refractivity contribution is 5.97. The molecular formula is C11H17N3O2. The molecule has 16 heavy (non-hydrogen) atoms. The van der Waals surface area contributed by atoms with Gasteiger partial charge >= 0.3 is 0 Å². The Hall–Kier alpha value is -1.75. The lowest BCUT2D eigenvalue weighted by Gasteiger charge is -2.11. The van der Waals surface area contributed by atoms with Crippen LogP contribution in [0.3, 0.4) is 0 Å². The van der Waals surface area contributed by atoms with E-state index in [0.29, 0.717) is 12.2 Å². The Labute approximate surface area is 94.9 Å². The molecule has 0 aliphatic carbocycles. The number of likely N-dealkylation sites (N-methyl/N-ethyl adjacent to an activating group) is 1. The average molecular weight is 223 g/mol. The molecule has 0 radical (unpaired) electrons. The van der Waals surface area contributed by atoms with Crippen LogP contribution in [0.25, 0.3) is 0 Å². The Morgan fingerprint density at radius 1 is 1.50 bits per heavy atom. The van der Waals surface area contributed by atoms with E-state index >= 15 is 0 Å². The molecule has 0 atom stereocenters. The SMILES string of the molecule is CN(C)CCNC(=O)c1ccc(N)cc1O. The third-order valence-electron chi connectivity index (χ3n) is 2.11. The molecule has 5 heteroatoms. The van der Waals surface area contributed by atoms with Crippen LogP contribution in [0, 0.1) is 0 Å². The first-order valence-corrected chi connectivity index (χ1v) is 5.02. The molecule has 0 unspecified atom stereocenters. The van der Waals surface area contributed by atoms with E-state index in [0.717, 1.165) is 6.54 Å². The molecule has 1 rings (SSSR count). The number of nitrogen functional groups attached to an aromatic ring is 1. The number of nitrogens with zero attached hydrogens (tertiary/aromatic N) is 1. The summed E-state index contributed by atoms with van der Waals surface area (Å²) >= 11 is 0. The van der Waals surface area contributed by atoms with Crippen molar-refractivity contribution >= 4 is 11.6 Å². The first-order valence-electron chi connectivity index (χ1n) is 5.02. The number of anilines is 1. The van der Waals surface area contributed by atoms with Gasteiger partial charge in [-0.2, -0.15) is 0 Å². The summed E-state index contributed by atoms with van der Waals surface area (Å²) in [5.74, 6) is -0.387. The molecule has 0 heterocycles. The molecule has 0 fully saturated rings. The Bertz CT molecular complexity index is 377. The lowest BCUT2D eigenvalue weighted by Crippen LogP contribution is -2.31. The van der Waals surface area contributed by atoms with E-state index in [2.05, 4.69) is 5.32 Å². The molecule has 1 amide bonds. The monoisotopic (exact) mass is 223 g/mol. The van der Waals surface area contributed by atoms with Gasteiger partial charge in [0.05, 0.1) is 5.56 Å². The van der Waals surface area contributed by atoms with Gasteiger partial charge in [0.2, 0.25) is 0 Å². The number of hydrogen-bond acceptors (Lipinski definition) is 4. The molecule has 88 valence electrons. The first kappa shape index (κ1) is 12.3. The van der Waals surface area contributed by atoms with Crippen LogP contribution in [0.1, 0.15) is 10.4 Å². The minimum absolute atomic E-state index is 0.0950. The zero-order valence-corrected chi connectivity index (χ0v) is 9.53. The number of amides is 1. The third-order valence-corrected chi connectivity index (χ3v) is 2.11. The van der Waals surface area contributed by atoms with Crippen LogP contribution >= 0.6 is 0 Å². The van der Waals surface area contributed by atoms with Crippen LogP contribution in [0.2, 0.25) is 0 Å². The normalized spacial score (nSPS) is 10.4. The van der Waals surface area contributed by atoms with E-state index in [1.807, 2.05) is 19.0 Å². The van der Waals surface area contributed by atoms with Crippen molar-refractivity contribution < 1.29 is 9.90 Å². The summed E-state index contributed by atoms with van der Waals surface area (Å²) in [5.41, 5.74) is 6.15. The summed E-state index contributed by atoms with van der Waals surface area (Å²) in [6, 6.07) is 4.46. The molecule has 0 spiro atoms. The Kier molecular flexibility index (Phi) is 4.13. The van der Waals surface area contributed by atoms with Gasteiger partial charge in [0, 0.05) is 24.8 Å². The fourth-order valence-corrected chi connectivity index (χ4v) is 1.23. The van der Waals surface area contributed by atoms with Crippen molar-refractivity contribution in [3.05, 3.63) is 23.8 Å². The number of hydrogen-bond donors (Lipinski definition) is 3. The van der Waals surface area contributed by atoms with E-state index < -0.39 is 0 Å². The zero-order chi connectivity index (χ0) is 12.1. The second-order valence-corrected chi connectivity index (χ2v) is 3.84. The zero-order valence-electron chi connectivity index (χ0n) is 9.53. The van der Waals surface area contributed by atoms with Gasteiger partial charge in [-0.3, -0.25) is 4.79 Å². The fourth-order valence-electron chi connectivity index (χ4n) is 1.23. The molecule has 0 saturated heterocycles. The van der Waals surface area contributed by atoms with Gasteiger partial charge < -0.3 is 21.1 Å². The maximum absolute atomic E-state index is 11.6. The molecule has 0 aliphatic rings. The number of phenols is 1. The molecule has 0 aromatic heterocycles. The highest BCUT2D eigenvalue weighted by atomic mass is 16.3. The van der Waals surface area contributed by atoms with Gasteiger partial charge in [-0.05, 0) is 26.2 Å². The molecule has 1 aromatic rings. The van der Waals surface area contributed by atoms with Crippen molar-refractivity contribution in [1.29, 1.82) is 0 Å². The molecule has 0 saturated carbocycles. The minimum Gasteiger partial charge on any atom is -0.507 e. The third kappa shape index (κ3) is 3.43. The van der Waals surface area contributed by atoms with Crippen LogP contribution in [-0.4, -0.2) is 43.1 Å². The number of nitrogens with one attached hydrogen (secondary N) is 1. The highest BCUT2D eigenvalue weighted by Crippen LogP contribution is 2.19. The van der Waals surface area contributed by atoms with Crippen LogP contribution in [0.4, 0.5) is 5.69 Å². The number of rotatable bonds is 4. The Balaban J connectivity index is 2.59. The summed E-state index contributed by atoms with van der Waals surface area (Å²) in [5, 5.41) is 12.2. The molecule has 0 aliphatic heterocycles. The first-order chi connectivity index (χ1) is 7.50. The van der Waals surface area contributed by atoms with Gasteiger partial charge in [-0.25, -0.2) is 0 Å². The lowest BCUT2D eigenvalue weighted by molar-refractivity contribution is 0.0948. The number of carbonyl (C=O) groups excluding carboxylic acids is 1. The lowest BCUT2D eigenvalue weighted by atomic mass is 10.1. The van der Waals surface area contributed by atoms with Gasteiger partial charge in [0.25, 0.3) is 5.91 Å². The molecule has 1 aromatic carbocycles. The summed E-state index contributed by atoms with van der Waals surface area (Å²) in [7, 11) is 3.85. The van der Waals surface area contributed by atoms with Crippen molar-refractivity contribution in [2.45, 2.75) is 0 Å². The van der Waals surface area contributed by atoms with Gasteiger partial charge in [-0.1, -0.05) is 0 Å². The van der Waals surface area contributed by atoms with Crippen LogP contribution in [-0.2, 0) is 0 Å². The predicted molar refractivity (Wildman–Crippen MR) is 63.4 cm³/mol. The summed E-state index contributed by atoms with van der Waals surface area (Å²) in [6.45, 7) is 1.29. The maximum Gasteiger partial charge on any atom is 0.255 e. The van der Waals surface area contributed by atoms with E-state index in [1.54, 1.807) is 6.07 Å². The van der Waals surface area contributed by atoms with Gasteiger partial charge in [0.1, 0.15) is 5.75 Å². The smallest absolute Gasteiger partial charge is 0.255 e. The van der Waals surface area contributed by atoms with E-state index in [9.17, 15) is 9.90 Å². The van der Waals surface area contributed by atoms with Crippen molar-refractivity contribution in [3.63, 3.8) is 0 Å². The predicted octanol–water partition coefficient (Wildman–Crippen LogP) is 0.266. The fraction of sp³-hybridized carbons (Fsp3) is 0.364. The van der Waals surface area contributed by atoms with Gasteiger partial charge in [-0.15, -0.1) is 0 Å². The van der Waals surface area contributed by atoms with Crippen LogP contribution in [0.15, 0.2) is 18.2 Å². The Morgan fingerprint density at radius 2 is 2.19 bits per heavy atom. The van der Waals surface area contributed by atoms with E-state index in [1.165, 1.54) is 12.1 Å². The maximum atomic E-state index is 11.6. The standard InChI is InChI=1S/C11H17N3O2/c1-14(2)6-5-13-11(16)9-4-3-8(12)7-10(9)15/h3-4,7,15H,5-6,12H2,1-2H3,(H,13,16). The number of phenolic OH excluding ortho intramolecular Hbond substituents is 1. The number of aromatic hydroxyl groups is 1. The summed E-state index contributed by atoms with van der Waals surface area (Å²) in [4.78, 5) is 13.6. The van der Waals surface area contributed by atoms with Crippen molar-refractivity contribution in [2.24, 2.45) is 0 Å². The van der Waals surface area contributed by atoms with E-state index in [4.69, 9.17) is 5.73 Å². The number of benzene rings is 1. The molecule has 4 N–H and O–H groups in total. The van der Waals surface area contributed by atoms with Crippen molar-refractivity contribution in [3.8, 4) is 5.75 Å². The van der Waals surface area contributed by atoms with Crippen molar-refractivity contribution in [1.82, 2.24) is 10.2 Å². The number of nitrogens with two attached hydrogens (primary N) is 1. The molecule has 0 bridgehead atoms. The van der Waals surface area contributed by atoms with Crippen LogP contribution < -0.4 is 11.1 Å². The largest absolute Gasteiger partial charge is 0.507 e. The molecular weight excluding hydrogens is 206 g/mol.